The highest BCUT2D eigenvalue weighted by Gasteiger charge is 2.25. The van der Waals surface area contributed by atoms with Crippen LogP contribution >= 0.6 is 10.7 Å². The Morgan fingerprint density at radius 1 is 1.47 bits per heavy atom. The molecule has 0 saturated carbocycles. The van der Waals surface area contributed by atoms with Gasteiger partial charge in [-0.15, -0.1) is 0 Å². The first-order chi connectivity index (χ1) is 6.90. The molecule has 1 fully saturated rings. The minimum atomic E-state index is -3.44. The quantitative estimate of drug-likeness (QED) is 0.714. The molecule has 1 heterocycles. The molecular formula is C9H16ClNO3S. The average molecular weight is 254 g/mol. The van der Waals surface area contributed by atoms with Crippen LogP contribution in [0.1, 0.15) is 32.6 Å². The van der Waals surface area contributed by atoms with Crippen molar-refractivity contribution in [2.75, 3.05) is 12.3 Å². The number of halogens is 1. The van der Waals surface area contributed by atoms with Gasteiger partial charge in [-0.05, 0) is 25.7 Å². The summed E-state index contributed by atoms with van der Waals surface area (Å²) < 4.78 is 21.6. The van der Waals surface area contributed by atoms with Gasteiger partial charge in [0.05, 0.1) is 5.75 Å². The van der Waals surface area contributed by atoms with Gasteiger partial charge in [-0.25, -0.2) is 8.42 Å². The summed E-state index contributed by atoms with van der Waals surface area (Å²) in [5.74, 6) is -0.0325. The molecule has 1 rings (SSSR count). The van der Waals surface area contributed by atoms with Crippen LogP contribution in [0.5, 0.6) is 0 Å². The molecule has 0 aromatic carbocycles. The summed E-state index contributed by atoms with van der Waals surface area (Å²) in [4.78, 5) is 13.0. The molecule has 0 bridgehead atoms. The second kappa shape index (κ2) is 5.16. The zero-order valence-electron chi connectivity index (χ0n) is 8.78. The Balaban J connectivity index is 2.54. The zero-order chi connectivity index (χ0) is 11.5. The Labute approximate surface area is 95.0 Å². The van der Waals surface area contributed by atoms with Gasteiger partial charge in [0, 0.05) is 30.2 Å². The van der Waals surface area contributed by atoms with Crippen LogP contribution in [0.4, 0.5) is 0 Å². The number of likely N-dealkylation sites (tertiary alicyclic amines) is 1. The second-order valence-electron chi connectivity index (χ2n) is 3.89. The molecule has 0 aromatic heterocycles. The van der Waals surface area contributed by atoms with Crippen molar-refractivity contribution in [1.82, 2.24) is 4.90 Å². The van der Waals surface area contributed by atoms with Crippen LogP contribution in [0.25, 0.3) is 0 Å². The van der Waals surface area contributed by atoms with E-state index in [0.717, 1.165) is 25.8 Å². The summed E-state index contributed by atoms with van der Waals surface area (Å²) in [5.41, 5.74) is 0. The lowest BCUT2D eigenvalue weighted by molar-refractivity contribution is -0.132. The number of nitrogens with zero attached hydrogens (tertiary/aromatic N) is 1. The fraction of sp³-hybridized carbons (Fsp3) is 0.889. The van der Waals surface area contributed by atoms with E-state index in [1.54, 1.807) is 4.90 Å². The van der Waals surface area contributed by atoms with E-state index in [1.807, 2.05) is 0 Å². The molecule has 15 heavy (non-hydrogen) atoms. The molecule has 0 aliphatic carbocycles. The summed E-state index contributed by atoms with van der Waals surface area (Å²) in [6, 6.07) is 0.0461. The minimum Gasteiger partial charge on any atom is -0.340 e. The molecule has 0 N–H and O–H groups in total. The Morgan fingerprint density at radius 3 is 2.67 bits per heavy atom. The summed E-state index contributed by atoms with van der Waals surface area (Å²) in [7, 11) is 1.71. The van der Waals surface area contributed by atoms with E-state index in [0.29, 0.717) is 6.42 Å². The molecule has 1 aliphatic heterocycles. The number of hydrogen-bond acceptors (Lipinski definition) is 3. The maximum atomic E-state index is 11.3. The first kappa shape index (κ1) is 12.8. The fourth-order valence-electron chi connectivity index (χ4n) is 1.99. The molecule has 1 aliphatic rings. The van der Waals surface area contributed by atoms with Crippen molar-refractivity contribution < 1.29 is 13.2 Å². The largest absolute Gasteiger partial charge is 0.340 e. The van der Waals surface area contributed by atoms with E-state index < -0.39 is 9.05 Å². The Bertz CT molecular complexity index is 328. The van der Waals surface area contributed by atoms with E-state index in [2.05, 4.69) is 0 Å². The van der Waals surface area contributed by atoms with Gasteiger partial charge in [-0.3, -0.25) is 4.79 Å². The predicted octanol–water partition coefficient (Wildman–Crippen LogP) is 1.35. The van der Waals surface area contributed by atoms with Crippen LogP contribution in [0.15, 0.2) is 0 Å². The van der Waals surface area contributed by atoms with Crippen molar-refractivity contribution >= 4 is 25.6 Å². The minimum absolute atomic E-state index is 0.0201. The molecule has 6 heteroatoms. The van der Waals surface area contributed by atoms with Gasteiger partial charge in [0.25, 0.3) is 0 Å². The highest BCUT2D eigenvalue weighted by Crippen LogP contribution is 2.20. The summed E-state index contributed by atoms with van der Waals surface area (Å²) in [6.45, 7) is 2.26. The van der Waals surface area contributed by atoms with Crippen LogP contribution in [-0.4, -0.2) is 37.6 Å². The monoisotopic (exact) mass is 253 g/mol. The third kappa shape index (κ3) is 4.38. The molecule has 1 amide bonds. The molecular weight excluding hydrogens is 238 g/mol. The molecule has 0 spiro atoms. The maximum Gasteiger partial charge on any atom is 0.232 e. The van der Waals surface area contributed by atoms with Crippen LogP contribution in [0.3, 0.4) is 0 Å². The highest BCUT2D eigenvalue weighted by atomic mass is 35.7. The van der Waals surface area contributed by atoms with E-state index >= 15 is 0 Å². The van der Waals surface area contributed by atoms with Crippen molar-refractivity contribution in [2.45, 2.75) is 38.6 Å². The average Bonchev–Trinajstić information content (AvgIpc) is 2.14. The van der Waals surface area contributed by atoms with E-state index in [9.17, 15) is 13.2 Å². The highest BCUT2D eigenvalue weighted by molar-refractivity contribution is 8.13. The normalized spacial score (nSPS) is 22.8. The molecule has 1 saturated heterocycles. The van der Waals surface area contributed by atoms with Crippen molar-refractivity contribution in [2.24, 2.45) is 0 Å². The van der Waals surface area contributed by atoms with Crippen molar-refractivity contribution in [3.05, 3.63) is 0 Å². The van der Waals surface area contributed by atoms with Crippen LogP contribution < -0.4 is 0 Å². The van der Waals surface area contributed by atoms with Crippen molar-refractivity contribution in [3.8, 4) is 0 Å². The van der Waals surface area contributed by atoms with Gasteiger partial charge in [-0.1, -0.05) is 0 Å². The fourth-order valence-corrected chi connectivity index (χ4v) is 2.81. The van der Waals surface area contributed by atoms with Gasteiger partial charge in [0.1, 0.15) is 0 Å². The SMILES string of the molecule is CC(=O)N1CCCC[C@@H]1CCS(=O)(=O)Cl. The standard InChI is InChI=1S/C9H16ClNO3S/c1-8(12)11-6-3-2-4-9(11)5-7-15(10,13)14/h9H,2-7H2,1H3/t9-/m1/s1. The predicted molar refractivity (Wildman–Crippen MR) is 59.3 cm³/mol. The van der Waals surface area contributed by atoms with Gasteiger partial charge < -0.3 is 4.90 Å². The van der Waals surface area contributed by atoms with Gasteiger partial charge >= 0.3 is 0 Å². The summed E-state index contributed by atoms with van der Waals surface area (Å²) in [6.07, 6.45) is 3.39. The maximum absolute atomic E-state index is 11.3. The molecule has 0 radical (unpaired) electrons. The van der Waals surface area contributed by atoms with E-state index in [1.165, 1.54) is 6.92 Å². The Hall–Kier alpha value is -0.290. The van der Waals surface area contributed by atoms with Crippen molar-refractivity contribution in [1.29, 1.82) is 0 Å². The van der Waals surface area contributed by atoms with Gasteiger partial charge in [-0.2, -0.15) is 0 Å². The number of carbonyl (C=O) groups excluding carboxylic acids is 1. The lowest BCUT2D eigenvalue weighted by Crippen LogP contribution is -2.43. The van der Waals surface area contributed by atoms with Gasteiger partial charge in [0.2, 0.25) is 15.0 Å². The first-order valence-electron chi connectivity index (χ1n) is 5.09. The lowest BCUT2D eigenvalue weighted by Gasteiger charge is -2.34. The third-order valence-corrected chi connectivity index (χ3v) is 3.91. The third-order valence-electron chi connectivity index (χ3n) is 2.73. The van der Waals surface area contributed by atoms with Crippen LogP contribution in [0, 0.1) is 0 Å². The molecule has 1 atom stereocenters. The summed E-state index contributed by atoms with van der Waals surface area (Å²) in [5, 5.41) is 0. The lowest BCUT2D eigenvalue weighted by atomic mass is 10.00. The Morgan fingerprint density at radius 2 is 2.13 bits per heavy atom. The van der Waals surface area contributed by atoms with E-state index in [4.69, 9.17) is 10.7 Å². The van der Waals surface area contributed by atoms with Crippen LogP contribution in [-0.2, 0) is 13.8 Å². The number of hydrogen-bond donors (Lipinski definition) is 0. The Kier molecular flexibility index (Phi) is 4.40. The molecule has 0 unspecified atom stereocenters. The smallest absolute Gasteiger partial charge is 0.232 e. The van der Waals surface area contributed by atoms with Crippen LogP contribution in [0.2, 0.25) is 0 Å². The van der Waals surface area contributed by atoms with Gasteiger partial charge in [0.15, 0.2) is 0 Å². The van der Waals surface area contributed by atoms with E-state index in [-0.39, 0.29) is 17.7 Å². The molecule has 0 aromatic rings. The number of amides is 1. The topological polar surface area (TPSA) is 54.5 Å². The first-order valence-corrected chi connectivity index (χ1v) is 7.57. The zero-order valence-corrected chi connectivity index (χ0v) is 10.4. The summed E-state index contributed by atoms with van der Waals surface area (Å²) >= 11 is 0. The number of rotatable bonds is 3. The number of carbonyl (C=O) groups is 1. The second-order valence-corrected chi connectivity index (χ2v) is 6.79. The number of piperidine rings is 1. The molecule has 88 valence electrons. The molecule has 4 nitrogen and oxygen atoms in total. The van der Waals surface area contributed by atoms with Crippen molar-refractivity contribution in [3.63, 3.8) is 0 Å².